The van der Waals surface area contributed by atoms with E-state index in [1.165, 1.54) is 24.3 Å². The van der Waals surface area contributed by atoms with Crippen molar-refractivity contribution < 1.29 is 29.4 Å². The van der Waals surface area contributed by atoms with Crippen LogP contribution in [0.15, 0.2) is 35.1 Å². The van der Waals surface area contributed by atoms with Crippen LogP contribution in [0.4, 0.5) is 5.95 Å². The van der Waals surface area contributed by atoms with Crippen LogP contribution < -0.4 is 21.9 Å². The number of aliphatic carboxylic acids is 2. The van der Waals surface area contributed by atoms with Gasteiger partial charge < -0.3 is 31.6 Å². The number of nitrogens with one attached hydrogen (secondary N) is 4. The average molecular weight is 470 g/mol. The fraction of sp³-hybridized carbons (Fsp3) is 0.238. The second-order valence-electron chi connectivity index (χ2n) is 7.39. The maximum Gasteiger partial charge on any atom is 0.326 e. The SMILES string of the molecule is Nc1nc2[nH]c(CCNC(=O)c3ccc(C(=O)N[C@@H](CCC(=O)O)C(=O)O)cc3)cc2c(=O)[nH]1. The highest BCUT2D eigenvalue weighted by molar-refractivity contribution is 5.99. The molecule has 1 aromatic carbocycles. The van der Waals surface area contributed by atoms with Crippen molar-refractivity contribution in [3.8, 4) is 0 Å². The molecule has 3 aromatic rings. The Labute approximate surface area is 191 Å². The predicted octanol–water partition coefficient (Wildman–Crippen LogP) is -0.146. The van der Waals surface area contributed by atoms with Crippen molar-refractivity contribution in [3.63, 3.8) is 0 Å². The zero-order valence-corrected chi connectivity index (χ0v) is 17.8. The van der Waals surface area contributed by atoms with E-state index in [4.69, 9.17) is 15.9 Å². The standard InChI is InChI=1S/C21H22N6O7/c22-21-26-16-13(19(32)27-21)9-12(24-16)7-8-23-17(30)10-1-3-11(4-2-10)18(31)25-14(20(33)34)5-6-15(28)29/h1-4,9,14H,5-8H2,(H,23,30)(H,25,31)(H,28,29)(H,33,34)(H4,22,24,26,27,32)/t14-/m0/s1. The first kappa shape index (κ1) is 24.0. The number of amides is 2. The number of rotatable bonds is 10. The van der Waals surface area contributed by atoms with Crippen molar-refractivity contribution in [2.24, 2.45) is 0 Å². The molecule has 178 valence electrons. The number of hydrogen-bond donors (Lipinski definition) is 7. The minimum atomic E-state index is -1.35. The van der Waals surface area contributed by atoms with Gasteiger partial charge in [0.2, 0.25) is 5.95 Å². The lowest BCUT2D eigenvalue weighted by atomic mass is 10.1. The van der Waals surface area contributed by atoms with Crippen LogP contribution in [0.25, 0.3) is 11.0 Å². The van der Waals surface area contributed by atoms with E-state index >= 15 is 0 Å². The Bertz CT molecular complexity index is 1300. The van der Waals surface area contributed by atoms with Crippen molar-refractivity contribution in [3.05, 3.63) is 57.5 Å². The summed E-state index contributed by atoms with van der Waals surface area (Å²) in [6.45, 7) is 0.255. The number of hydrogen-bond acceptors (Lipinski definition) is 7. The Kier molecular flexibility index (Phi) is 7.26. The number of benzene rings is 1. The highest BCUT2D eigenvalue weighted by Crippen LogP contribution is 2.10. The molecule has 2 amide bonds. The van der Waals surface area contributed by atoms with Gasteiger partial charge >= 0.3 is 11.9 Å². The molecule has 0 bridgehead atoms. The van der Waals surface area contributed by atoms with Gasteiger partial charge in [0.15, 0.2) is 0 Å². The monoisotopic (exact) mass is 470 g/mol. The lowest BCUT2D eigenvalue weighted by molar-refractivity contribution is -0.140. The maximum absolute atomic E-state index is 12.4. The summed E-state index contributed by atoms with van der Waals surface area (Å²) in [4.78, 5) is 67.7. The molecule has 3 rings (SSSR count). The summed E-state index contributed by atoms with van der Waals surface area (Å²) in [5.74, 6) is -3.61. The molecule has 0 spiro atoms. The van der Waals surface area contributed by atoms with E-state index in [1.807, 2.05) is 0 Å². The van der Waals surface area contributed by atoms with Gasteiger partial charge in [-0.25, -0.2) is 4.79 Å². The van der Waals surface area contributed by atoms with Crippen molar-refractivity contribution in [1.82, 2.24) is 25.6 Å². The number of aromatic amines is 2. The topological polar surface area (TPSA) is 220 Å². The normalized spacial score (nSPS) is 11.6. The second-order valence-corrected chi connectivity index (χ2v) is 7.39. The van der Waals surface area contributed by atoms with E-state index in [1.54, 1.807) is 6.07 Å². The molecule has 13 nitrogen and oxygen atoms in total. The summed E-state index contributed by atoms with van der Waals surface area (Å²) in [5.41, 5.74) is 6.58. The molecule has 2 heterocycles. The number of carbonyl (C=O) groups excluding carboxylic acids is 2. The Morgan fingerprint density at radius 2 is 1.68 bits per heavy atom. The molecule has 8 N–H and O–H groups in total. The Morgan fingerprint density at radius 3 is 2.29 bits per heavy atom. The number of carboxylic acid groups (broad SMARTS) is 2. The molecule has 0 aliphatic carbocycles. The summed E-state index contributed by atoms with van der Waals surface area (Å²) in [6, 6.07) is 5.82. The van der Waals surface area contributed by atoms with Crippen LogP contribution in [0.3, 0.4) is 0 Å². The maximum atomic E-state index is 12.4. The highest BCUT2D eigenvalue weighted by atomic mass is 16.4. The summed E-state index contributed by atoms with van der Waals surface area (Å²) in [7, 11) is 0. The molecule has 34 heavy (non-hydrogen) atoms. The smallest absolute Gasteiger partial charge is 0.326 e. The van der Waals surface area contributed by atoms with E-state index in [0.717, 1.165) is 0 Å². The van der Waals surface area contributed by atoms with Crippen LogP contribution in [-0.4, -0.2) is 61.5 Å². The van der Waals surface area contributed by atoms with Gasteiger partial charge in [-0.3, -0.25) is 24.2 Å². The highest BCUT2D eigenvalue weighted by Gasteiger charge is 2.21. The van der Waals surface area contributed by atoms with Crippen LogP contribution in [0.1, 0.15) is 39.3 Å². The number of nitrogen functional groups attached to an aromatic ring is 1. The molecule has 0 saturated carbocycles. The van der Waals surface area contributed by atoms with Gasteiger partial charge in [-0.15, -0.1) is 0 Å². The number of nitrogens with zero attached hydrogens (tertiary/aromatic N) is 1. The molecule has 0 aliphatic heterocycles. The summed E-state index contributed by atoms with van der Waals surface area (Å²) in [6.07, 6.45) is -0.268. The van der Waals surface area contributed by atoms with Gasteiger partial charge in [0.25, 0.3) is 17.4 Å². The summed E-state index contributed by atoms with van der Waals surface area (Å²) < 4.78 is 0. The first-order chi connectivity index (χ1) is 16.1. The first-order valence-corrected chi connectivity index (χ1v) is 10.1. The number of H-pyrrole nitrogens is 2. The minimum absolute atomic E-state index is 0.00456. The molecule has 0 aliphatic rings. The average Bonchev–Trinajstić information content (AvgIpc) is 3.19. The molecular formula is C21H22N6O7. The van der Waals surface area contributed by atoms with Crippen LogP contribution in [0, 0.1) is 0 Å². The molecule has 1 atom stereocenters. The second kappa shape index (κ2) is 10.3. The van der Waals surface area contributed by atoms with Gasteiger partial charge in [-0.2, -0.15) is 4.98 Å². The van der Waals surface area contributed by atoms with E-state index in [2.05, 4.69) is 25.6 Å². The van der Waals surface area contributed by atoms with Gasteiger partial charge in [0, 0.05) is 36.2 Å². The van der Waals surface area contributed by atoms with Crippen LogP contribution in [0.5, 0.6) is 0 Å². The van der Waals surface area contributed by atoms with Gasteiger partial charge in [0.05, 0.1) is 5.39 Å². The third-order valence-electron chi connectivity index (χ3n) is 4.91. The van der Waals surface area contributed by atoms with Crippen molar-refractivity contribution in [2.75, 3.05) is 12.3 Å². The summed E-state index contributed by atoms with van der Waals surface area (Å²) in [5, 5.41) is 23.2. The van der Waals surface area contributed by atoms with Gasteiger partial charge in [-0.05, 0) is 36.8 Å². The molecule has 0 fully saturated rings. The van der Waals surface area contributed by atoms with Crippen molar-refractivity contribution in [1.29, 1.82) is 0 Å². The fourth-order valence-electron chi connectivity index (χ4n) is 3.18. The zero-order valence-electron chi connectivity index (χ0n) is 17.8. The lowest BCUT2D eigenvalue weighted by Gasteiger charge is -2.13. The van der Waals surface area contributed by atoms with Crippen molar-refractivity contribution >= 4 is 40.7 Å². The molecule has 0 radical (unpaired) electrons. The number of anilines is 1. The molecule has 0 unspecified atom stereocenters. The zero-order chi connectivity index (χ0) is 24.8. The minimum Gasteiger partial charge on any atom is -0.481 e. The third kappa shape index (κ3) is 5.97. The first-order valence-electron chi connectivity index (χ1n) is 10.1. The Hall–Kier alpha value is -4.68. The summed E-state index contributed by atoms with van der Waals surface area (Å²) >= 11 is 0. The fourth-order valence-corrected chi connectivity index (χ4v) is 3.18. The predicted molar refractivity (Wildman–Crippen MR) is 119 cm³/mol. The molecule has 2 aromatic heterocycles. The van der Waals surface area contributed by atoms with E-state index in [9.17, 15) is 24.0 Å². The largest absolute Gasteiger partial charge is 0.481 e. The number of nitrogens with two attached hydrogens (primary N) is 1. The van der Waals surface area contributed by atoms with E-state index < -0.39 is 36.2 Å². The number of carbonyl (C=O) groups is 4. The van der Waals surface area contributed by atoms with Gasteiger partial charge in [-0.1, -0.05) is 0 Å². The molecular weight excluding hydrogens is 448 g/mol. The third-order valence-corrected chi connectivity index (χ3v) is 4.91. The number of aromatic nitrogens is 3. The Balaban J connectivity index is 1.54. The number of carboxylic acids is 2. The van der Waals surface area contributed by atoms with Gasteiger partial charge in [0.1, 0.15) is 11.7 Å². The number of fused-ring (bicyclic) bond motifs is 1. The van der Waals surface area contributed by atoms with E-state index in [0.29, 0.717) is 23.1 Å². The molecule has 13 heteroatoms. The quantitative estimate of drug-likeness (QED) is 0.209. The van der Waals surface area contributed by atoms with Crippen LogP contribution >= 0.6 is 0 Å². The lowest BCUT2D eigenvalue weighted by Crippen LogP contribution is -2.41. The molecule has 0 saturated heterocycles. The Morgan fingerprint density at radius 1 is 1.03 bits per heavy atom. The van der Waals surface area contributed by atoms with Crippen molar-refractivity contribution in [2.45, 2.75) is 25.3 Å². The van der Waals surface area contributed by atoms with E-state index in [-0.39, 0.29) is 35.6 Å². The van der Waals surface area contributed by atoms with Crippen LogP contribution in [-0.2, 0) is 16.0 Å². The van der Waals surface area contributed by atoms with Crippen LogP contribution in [0.2, 0.25) is 0 Å².